The molecule has 0 spiro atoms. The highest BCUT2D eigenvalue weighted by atomic mass is 16.3. The summed E-state index contributed by atoms with van der Waals surface area (Å²) in [5.74, 6) is -0.0863. The zero-order valence-corrected chi connectivity index (χ0v) is 18.5. The summed E-state index contributed by atoms with van der Waals surface area (Å²) in [4.78, 5) is 25.6. The average Bonchev–Trinajstić information content (AvgIpc) is 3.21. The summed E-state index contributed by atoms with van der Waals surface area (Å²) in [6.07, 6.45) is 4.30. The van der Waals surface area contributed by atoms with E-state index in [0.29, 0.717) is 12.1 Å². The summed E-state index contributed by atoms with van der Waals surface area (Å²) in [7, 11) is 1.55. The fourth-order valence-corrected chi connectivity index (χ4v) is 5.52. The molecule has 7 nitrogen and oxygen atoms in total. The van der Waals surface area contributed by atoms with Gasteiger partial charge in [0, 0.05) is 19.2 Å². The van der Waals surface area contributed by atoms with E-state index >= 15 is 0 Å². The molecule has 2 bridgehead atoms. The Hall–Kier alpha value is -2.67. The molecule has 5 unspecified atom stereocenters. The van der Waals surface area contributed by atoms with Crippen LogP contribution in [0.3, 0.4) is 0 Å². The molecule has 1 aromatic heterocycles. The molecule has 2 aliphatic rings. The van der Waals surface area contributed by atoms with Crippen molar-refractivity contribution in [3.8, 4) is 0 Å². The Bertz CT molecular complexity index is 953. The van der Waals surface area contributed by atoms with E-state index < -0.39 is 5.60 Å². The minimum Gasteiger partial charge on any atom is -0.390 e. The minimum atomic E-state index is -0.584. The number of hydrogen-bond donors (Lipinski definition) is 3. The van der Waals surface area contributed by atoms with Gasteiger partial charge < -0.3 is 15.7 Å². The van der Waals surface area contributed by atoms with Crippen molar-refractivity contribution in [1.29, 1.82) is 0 Å². The van der Waals surface area contributed by atoms with Gasteiger partial charge in [0.2, 0.25) is 0 Å². The van der Waals surface area contributed by atoms with Gasteiger partial charge in [-0.05, 0) is 50.0 Å². The number of benzene rings is 1. The number of rotatable bonds is 5. The average molecular weight is 425 g/mol. The highest BCUT2D eigenvalue weighted by molar-refractivity contribution is 5.98. The van der Waals surface area contributed by atoms with Gasteiger partial charge in [-0.3, -0.25) is 14.3 Å². The number of fused-ring (bicyclic) bond motifs is 2. The first-order valence-corrected chi connectivity index (χ1v) is 11.2. The molecule has 2 aliphatic carbocycles. The summed E-state index contributed by atoms with van der Waals surface area (Å²) in [5.41, 5.74) is 1.02. The Morgan fingerprint density at radius 3 is 2.68 bits per heavy atom. The van der Waals surface area contributed by atoms with Gasteiger partial charge in [-0.15, -0.1) is 0 Å². The van der Waals surface area contributed by atoms with Gasteiger partial charge in [0.05, 0.1) is 11.6 Å². The van der Waals surface area contributed by atoms with E-state index in [1.54, 1.807) is 17.8 Å². The molecule has 2 fully saturated rings. The van der Waals surface area contributed by atoms with Crippen LogP contribution in [0.2, 0.25) is 0 Å². The molecule has 3 N–H and O–H groups in total. The quantitative estimate of drug-likeness (QED) is 0.688. The van der Waals surface area contributed by atoms with Crippen molar-refractivity contribution in [3.05, 3.63) is 53.3 Å². The first-order valence-electron chi connectivity index (χ1n) is 11.2. The third-order valence-corrected chi connectivity index (χ3v) is 7.06. The van der Waals surface area contributed by atoms with Gasteiger partial charge in [-0.2, -0.15) is 5.10 Å². The van der Waals surface area contributed by atoms with E-state index in [2.05, 4.69) is 22.7 Å². The zero-order valence-electron chi connectivity index (χ0n) is 18.5. The summed E-state index contributed by atoms with van der Waals surface area (Å²) >= 11 is 0. The van der Waals surface area contributed by atoms with Crippen LogP contribution in [0.1, 0.15) is 78.5 Å². The van der Waals surface area contributed by atoms with Gasteiger partial charge in [-0.1, -0.05) is 43.7 Å². The molecule has 2 aromatic rings. The predicted octanol–water partition coefficient (Wildman–Crippen LogP) is 2.91. The number of amides is 2. The lowest BCUT2D eigenvalue weighted by atomic mass is 9.63. The lowest BCUT2D eigenvalue weighted by Crippen LogP contribution is -2.55. The van der Waals surface area contributed by atoms with Crippen LogP contribution in [0.4, 0.5) is 0 Å². The van der Waals surface area contributed by atoms with Crippen molar-refractivity contribution < 1.29 is 14.7 Å². The SMILES string of the molecule is CNC(=O)c1cc(C(=O)NC2C(C)CC3(O)CCCC2C3)n(C(C)c2ccccc2)n1. The standard InChI is InChI=1S/C24H32N4O3/c1-15-13-24(31)11-7-10-18(14-24)21(15)26-23(30)20-12-19(22(29)25-3)27-28(20)16(2)17-8-5-4-6-9-17/h4-6,8-9,12,15-16,18,21,31H,7,10-11,13-14H2,1-3H3,(H,25,29)(H,26,30). The van der Waals surface area contributed by atoms with E-state index in [9.17, 15) is 14.7 Å². The van der Waals surface area contributed by atoms with Crippen LogP contribution in [-0.4, -0.2) is 45.4 Å². The second kappa shape index (κ2) is 8.46. The Morgan fingerprint density at radius 1 is 1.23 bits per heavy atom. The number of carbonyl (C=O) groups is 2. The molecule has 0 aliphatic heterocycles. The van der Waals surface area contributed by atoms with Gasteiger partial charge in [0.25, 0.3) is 11.8 Å². The van der Waals surface area contributed by atoms with Crippen molar-refractivity contribution in [2.75, 3.05) is 7.05 Å². The summed E-state index contributed by atoms with van der Waals surface area (Å²) in [5, 5.41) is 21.1. The van der Waals surface area contributed by atoms with Crippen LogP contribution < -0.4 is 10.6 Å². The summed E-state index contributed by atoms with van der Waals surface area (Å²) in [6, 6.07) is 11.2. The van der Waals surface area contributed by atoms with Crippen LogP contribution in [-0.2, 0) is 0 Å². The largest absolute Gasteiger partial charge is 0.390 e. The topological polar surface area (TPSA) is 96.3 Å². The summed E-state index contributed by atoms with van der Waals surface area (Å²) in [6.45, 7) is 4.07. The van der Waals surface area contributed by atoms with E-state index in [0.717, 1.165) is 31.2 Å². The first kappa shape index (κ1) is 21.6. The van der Waals surface area contributed by atoms with Gasteiger partial charge >= 0.3 is 0 Å². The molecule has 7 heteroatoms. The van der Waals surface area contributed by atoms with Crippen molar-refractivity contribution in [1.82, 2.24) is 20.4 Å². The molecule has 31 heavy (non-hydrogen) atoms. The van der Waals surface area contributed by atoms with Gasteiger partial charge in [0.1, 0.15) is 5.69 Å². The second-order valence-electron chi connectivity index (χ2n) is 9.29. The smallest absolute Gasteiger partial charge is 0.271 e. The highest BCUT2D eigenvalue weighted by Gasteiger charge is 2.46. The molecule has 5 atom stereocenters. The monoisotopic (exact) mass is 424 g/mol. The van der Waals surface area contributed by atoms with Crippen LogP contribution >= 0.6 is 0 Å². The van der Waals surface area contributed by atoms with Gasteiger partial charge in [0.15, 0.2) is 5.69 Å². The zero-order chi connectivity index (χ0) is 22.2. The lowest BCUT2D eigenvalue weighted by molar-refractivity contribution is -0.0762. The van der Waals surface area contributed by atoms with Crippen LogP contribution in [0, 0.1) is 11.8 Å². The molecular formula is C24H32N4O3. The Balaban J connectivity index is 1.62. The first-order chi connectivity index (χ1) is 14.8. The molecular weight excluding hydrogens is 392 g/mol. The van der Waals surface area contributed by atoms with Crippen molar-refractivity contribution in [3.63, 3.8) is 0 Å². The van der Waals surface area contributed by atoms with E-state index in [1.165, 1.54) is 0 Å². The molecule has 4 rings (SSSR count). The fraction of sp³-hybridized carbons (Fsp3) is 0.542. The molecule has 2 saturated carbocycles. The molecule has 2 amide bonds. The number of nitrogens with zero attached hydrogens (tertiary/aromatic N) is 2. The van der Waals surface area contributed by atoms with Crippen molar-refractivity contribution >= 4 is 11.8 Å². The van der Waals surface area contributed by atoms with Crippen LogP contribution in [0.5, 0.6) is 0 Å². The van der Waals surface area contributed by atoms with E-state index in [-0.39, 0.29) is 41.4 Å². The van der Waals surface area contributed by atoms with Crippen LogP contribution in [0.15, 0.2) is 36.4 Å². The maximum atomic E-state index is 13.4. The van der Waals surface area contributed by atoms with E-state index in [1.807, 2.05) is 37.3 Å². The Labute approximate surface area is 183 Å². The fourth-order valence-electron chi connectivity index (χ4n) is 5.52. The van der Waals surface area contributed by atoms with Crippen LogP contribution in [0.25, 0.3) is 0 Å². The van der Waals surface area contributed by atoms with Crippen molar-refractivity contribution in [2.45, 2.75) is 63.6 Å². The van der Waals surface area contributed by atoms with Gasteiger partial charge in [-0.25, -0.2) is 0 Å². The summed E-state index contributed by atoms with van der Waals surface area (Å²) < 4.78 is 1.64. The lowest BCUT2D eigenvalue weighted by Gasteiger charge is -2.49. The van der Waals surface area contributed by atoms with E-state index in [4.69, 9.17) is 0 Å². The number of aromatic nitrogens is 2. The molecule has 1 heterocycles. The third-order valence-electron chi connectivity index (χ3n) is 7.06. The number of carbonyl (C=O) groups excluding carboxylic acids is 2. The molecule has 0 radical (unpaired) electrons. The minimum absolute atomic E-state index is 0.00640. The molecule has 1 aromatic carbocycles. The molecule has 0 saturated heterocycles. The Morgan fingerprint density at radius 2 is 1.97 bits per heavy atom. The van der Waals surface area contributed by atoms with Crippen molar-refractivity contribution in [2.24, 2.45) is 11.8 Å². The normalized spacial score (nSPS) is 28.6. The molecule has 166 valence electrons. The predicted molar refractivity (Wildman–Crippen MR) is 118 cm³/mol. The number of aliphatic hydroxyl groups is 1. The Kier molecular flexibility index (Phi) is 5.88. The number of hydrogen-bond acceptors (Lipinski definition) is 4. The second-order valence-corrected chi connectivity index (χ2v) is 9.29. The third kappa shape index (κ3) is 4.24. The maximum Gasteiger partial charge on any atom is 0.271 e. The highest BCUT2D eigenvalue weighted by Crippen LogP contribution is 2.45. The maximum absolute atomic E-state index is 13.4. The number of nitrogens with one attached hydrogen (secondary N) is 2.